The van der Waals surface area contributed by atoms with Crippen molar-refractivity contribution in [3.63, 3.8) is 0 Å². The molecule has 0 radical (unpaired) electrons. The normalized spacial score (nSPS) is 18.6. The Hall–Kier alpha value is -2.12. The van der Waals surface area contributed by atoms with Gasteiger partial charge in [0.25, 0.3) is 0 Å². The number of furan rings is 1. The minimum absolute atomic E-state index is 0.151. The monoisotopic (exact) mass is 335 g/mol. The summed E-state index contributed by atoms with van der Waals surface area (Å²) in [5.41, 5.74) is 2.43. The molecule has 3 rings (SSSR count). The molecule has 0 fully saturated rings. The molecule has 6 nitrogen and oxygen atoms in total. The largest absolute Gasteiger partial charge is 0.481 e. The summed E-state index contributed by atoms with van der Waals surface area (Å²) in [7, 11) is -3.68. The van der Waals surface area contributed by atoms with Gasteiger partial charge in [0.2, 0.25) is 10.0 Å². The summed E-state index contributed by atoms with van der Waals surface area (Å²) < 4.78 is 32.5. The molecule has 1 aromatic carbocycles. The molecule has 0 aliphatic heterocycles. The van der Waals surface area contributed by atoms with Crippen molar-refractivity contribution in [3.8, 4) is 0 Å². The maximum Gasteiger partial charge on any atom is 0.307 e. The fraction of sp³-hybridized carbons (Fsp3) is 0.312. The Labute approximate surface area is 134 Å². The summed E-state index contributed by atoms with van der Waals surface area (Å²) in [6, 6.07) is 6.08. The number of nitrogens with one attached hydrogen (secondary N) is 1. The van der Waals surface area contributed by atoms with Crippen LogP contribution in [-0.4, -0.2) is 19.5 Å². The highest BCUT2D eigenvalue weighted by Crippen LogP contribution is 2.29. The van der Waals surface area contributed by atoms with Crippen molar-refractivity contribution in [3.05, 3.63) is 53.5 Å². The molecule has 0 saturated heterocycles. The maximum absolute atomic E-state index is 12.5. The first-order chi connectivity index (χ1) is 10.9. The van der Waals surface area contributed by atoms with Crippen LogP contribution in [0.15, 0.2) is 46.1 Å². The van der Waals surface area contributed by atoms with Crippen molar-refractivity contribution < 1.29 is 22.7 Å². The van der Waals surface area contributed by atoms with Gasteiger partial charge in [-0.1, -0.05) is 6.07 Å². The zero-order valence-electron chi connectivity index (χ0n) is 12.5. The van der Waals surface area contributed by atoms with Crippen LogP contribution in [0.1, 0.15) is 29.7 Å². The van der Waals surface area contributed by atoms with Crippen LogP contribution in [0.25, 0.3) is 0 Å². The molecule has 122 valence electrons. The van der Waals surface area contributed by atoms with E-state index in [9.17, 15) is 13.2 Å². The molecule has 1 heterocycles. The van der Waals surface area contributed by atoms with E-state index in [1.54, 1.807) is 25.1 Å². The van der Waals surface area contributed by atoms with Gasteiger partial charge in [-0.2, -0.15) is 0 Å². The number of hydrogen-bond acceptors (Lipinski definition) is 4. The molecule has 2 atom stereocenters. The second-order valence-electron chi connectivity index (χ2n) is 5.77. The van der Waals surface area contributed by atoms with E-state index >= 15 is 0 Å². The lowest BCUT2D eigenvalue weighted by atomic mass is 10.1. The summed E-state index contributed by atoms with van der Waals surface area (Å²) in [5, 5.41) is 9.10. The molecular formula is C16H17NO5S. The third-order valence-electron chi connectivity index (χ3n) is 4.15. The first kappa shape index (κ1) is 15.8. The van der Waals surface area contributed by atoms with Crippen LogP contribution in [0.4, 0.5) is 0 Å². The van der Waals surface area contributed by atoms with Crippen LogP contribution < -0.4 is 4.72 Å². The topological polar surface area (TPSA) is 96.6 Å². The van der Waals surface area contributed by atoms with E-state index in [4.69, 9.17) is 9.52 Å². The Kier molecular flexibility index (Phi) is 3.99. The summed E-state index contributed by atoms with van der Waals surface area (Å²) in [4.78, 5) is 11.2. The zero-order valence-corrected chi connectivity index (χ0v) is 13.3. The van der Waals surface area contributed by atoms with Crippen LogP contribution >= 0.6 is 0 Å². The number of benzene rings is 1. The third-order valence-corrected chi connectivity index (χ3v) is 5.68. The molecule has 1 aliphatic rings. The van der Waals surface area contributed by atoms with Crippen molar-refractivity contribution in [1.82, 2.24) is 4.72 Å². The van der Waals surface area contributed by atoms with Gasteiger partial charge >= 0.3 is 5.97 Å². The molecule has 2 aromatic rings. The first-order valence-electron chi connectivity index (χ1n) is 7.26. The smallest absolute Gasteiger partial charge is 0.307 e. The molecule has 23 heavy (non-hydrogen) atoms. The van der Waals surface area contributed by atoms with E-state index in [0.29, 0.717) is 12.8 Å². The Bertz CT molecular complexity index is 826. The molecule has 1 aliphatic carbocycles. The average Bonchev–Trinajstić information content (AvgIpc) is 3.15. The molecule has 1 unspecified atom stereocenters. The number of carbonyl (C=O) groups is 1. The van der Waals surface area contributed by atoms with Crippen molar-refractivity contribution >= 4 is 16.0 Å². The number of sulfonamides is 1. The van der Waals surface area contributed by atoms with Crippen LogP contribution in [0.2, 0.25) is 0 Å². The third kappa shape index (κ3) is 3.16. The Balaban J connectivity index is 1.82. The number of fused-ring (bicyclic) bond motifs is 1. The quantitative estimate of drug-likeness (QED) is 0.872. The predicted molar refractivity (Wildman–Crippen MR) is 82.4 cm³/mol. The number of rotatable bonds is 5. The highest BCUT2D eigenvalue weighted by atomic mass is 32.2. The van der Waals surface area contributed by atoms with Crippen LogP contribution in [-0.2, 0) is 27.7 Å². The van der Waals surface area contributed by atoms with Crippen LogP contribution in [0, 0.1) is 5.92 Å². The molecular weight excluding hydrogens is 318 g/mol. The van der Waals surface area contributed by atoms with Crippen LogP contribution in [0.3, 0.4) is 0 Å². The van der Waals surface area contributed by atoms with Gasteiger partial charge in [-0.05, 0) is 49.1 Å². The fourth-order valence-electron chi connectivity index (χ4n) is 2.83. The molecule has 2 N–H and O–H groups in total. The lowest BCUT2D eigenvalue weighted by Gasteiger charge is -2.13. The number of carboxylic acid groups (broad SMARTS) is 1. The van der Waals surface area contributed by atoms with Gasteiger partial charge in [0.05, 0.1) is 23.3 Å². The molecule has 7 heteroatoms. The maximum atomic E-state index is 12.5. The van der Waals surface area contributed by atoms with E-state index < -0.39 is 28.0 Å². The van der Waals surface area contributed by atoms with Gasteiger partial charge in [0.1, 0.15) is 0 Å². The van der Waals surface area contributed by atoms with E-state index in [-0.39, 0.29) is 4.90 Å². The lowest BCUT2D eigenvalue weighted by molar-refractivity contribution is -0.141. The molecule has 1 aromatic heterocycles. The summed E-state index contributed by atoms with van der Waals surface area (Å²) in [6.45, 7) is 1.73. The van der Waals surface area contributed by atoms with E-state index in [2.05, 4.69) is 4.72 Å². The van der Waals surface area contributed by atoms with Gasteiger partial charge in [-0.25, -0.2) is 13.1 Å². The minimum Gasteiger partial charge on any atom is -0.481 e. The minimum atomic E-state index is -3.68. The number of carboxylic acids is 1. The highest BCUT2D eigenvalue weighted by molar-refractivity contribution is 7.89. The fourth-order valence-corrected chi connectivity index (χ4v) is 4.11. The van der Waals surface area contributed by atoms with E-state index in [1.165, 1.54) is 18.6 Å². The van der Waals surface area contributed by atoms with Gasteiger partial charge in [0.15, 0.2) is 0 Å². The van der Waals surface area contributed by atoms with Gasteiger partial charge in [0, 0.05) is 11.6 Å². The van der Waals surface area contributed by atoms with E-state index in [1.807, 2.05) is 0 Å². The summed E-state index contributed by atoms with van der Waals surface area (Å²) in [5.74, 6) is -1.32. The van der Waals surface area contributed by atoms with E-state index in [0.717, 1.165) is 16.7 Å². The Morgan fingerprint density at radius 3 is 2.70 bits per heavy atom. The first-order valence-corrected chi connectivity index (χ1v) is 8.74. The van der Waals surface area contributed by atoms with Gasteiger partial charge < -0.3 is 9.52 Å². The van der Waals surface area contributed by atoms with Gasteiger partial charge in [-0.15, -0.1) is 0 Å². The second kappa shape index (κ2) is 5.82. The second-order valence-corrected chi connectivity index (χ2v) is 7.49. The van der Waals surface area contributed by atoms with Crippen molar-refractivity contribution in [1.29, 1.82) is 0 Å². The standard InChI is InChI=1S/C16H17NO5S/c1-10(12-4-5-22-9-12)17-23(20,21)15-3-2-11-6-14(16(18)19)7-13(11)8-15/h2-5,8-10,14,17H,6-7H2,1H3,(H,18,19)/t10-,14?/m0/s1. The Morgan fingerprint density at radius 2 is 2.04 bits per heavy atom. The molecule has 0 bridgehead atoms. The van der Waals surface area contributed by atoms with Crippen molar-refractivity contribution in [2.24, 2.45) is 5.92 Å². The number of aliphatic carboxylic acids is 1. The Morgan fingerprint density at radius 1 is 1.30 bits per heavy atom. The highest BCUT2D eigenvalue weighted by Gasteiger charge is 2.29. The average molecular weight is 335 g/mol. The SMILES string of the molecule is C[C@H](NS(=O)(=O)c1ccc2c(c1)CC(C(=O)O)C2)c1ccoc1. The van der Waals surface area contributed by atoms with Crippen molar-refractivity contribution in [2.45, 2.75) is 30.7 Å². The zero-order chi connectivity index (χ0) is 16.6. The molecule has 0 amide bonds. The molecule has 0 saturated carbocycles. The van der Waals surface area contributed by atoms with Crippen molar-refractivity contribution in [2.75, 3.05) is 0 Å². The summed E-state index contributed by atoms with van der Waals surface area (Å²) in [6.07, 6.45) is 3.80. The van der Waals surface area contributed by atoms with Crippen LogP contribution in [0.5, 0.6) is 0 Å². The molecule has 0 spiro atoms. The lowest BCUT2D eigenvalue weighted by Crippen LogP contribution is -2.26. The summed E-state index contributed by atoms with van der Waals surface area (Å²) >= 11 is 0. The predicted octanol–water partition coefficient (Wildman–Crippen LogP) is 2.12. The number of hydrogen-bond donors (Lipinski definition) is 2. The van der Waals surface area contributed by atoms with Gasteiger partial charge in [-0.3, -0.25) is 4.79 Å².